The van der Waals surface area contributed by atoms with Gasteiger partial charge in [-0.05, 0) is 44.0 Å². The maximum absolute atomic E-state index is 13.4. The molecule has 0 unspecified atom stereocenters. The molecule has 2 rings (SSSR count). The Hall–Kier alpha value is -2.99. The highest BCUT2D eigenvalue weighted by Crippen LogP contribution is 2.28. The summed E-state index contributed by atoms with van der Waals surface area (Å²) in [4.78, 5) is 37.9. The Morgan fingerprint density at radius 2 is 1.79 bits per heavy atom. The van der Waals surface area contributed by atoms with Gasteiger partial charge in [-0.15, -0.1) is 0 Å². The van der Waals surface area contributed by atoms with Crippen LogP contribution in [0.15, 0.2) is 46.9 Å². The summed E-state index contributed by atoms with van der Waals surface area (Å²) in [6.45, 7) is 4.72. The van der Waals surface area contributed by atoms with Crippen LogP contribution >= 0.6 is 15.9 Å². The largest absolute Gasteiger partial charge is 0.355 e. The molecule has 2 aromatic carbocycles. The SMILES string of the molecule is CCNC(=O)[C@H](C)N(Cc1ccc(Br)cc1)C(=O)CN(c1cc([N+](=O)[O-])ccc1C)S(C)(=O)=O. The number of anilines is 1. The zero-order valence-electron chi connectivity index (χ0n) is 19.3. The predicted octanol–water partition coefficient (Wildman–Crippen LogP) is 2.99. The molecule has 0 aliphatic heterocycles. The molecule has 0 aliphatic carbocycles. The molecule has 0 bridgehead atoms. The number of aryl methyl sites for hydroxylation is 1. The van der Waals surface area contributed by atoms with Gasteiger partial charge in [-0.3, -0.25) is 24.0 Å². The van der Waals surface area contributed by atoms with Crippen LogP contribution in [0.3, 0.4) is 0 Å². The molecule has 0 fully saturated rings. The first-order chi connectivity index (χ1) is 15.8. The standard InChI is InChI=1S/C22H27BrN4O6S/c1-5-24-22(29)16(3)25(13-17-7-9-18(23)10-8-17)21(28)14-26(34(4,32)33)20-12-19(27(30)31)11-6-15(20)2/h6-12,16H,5,13-14H2,1-4H3,(H,24,29)/t16-/m0/s1. The van der Waals surface area contributed by atoms with Crippen molar-refractivity contribution in [1.29, 1.82) is 0 Å². The lowest BCUT2D eigenvalue weighted by Crippen LogP contribution is -2.51. The average molecular weight is 555 g/mol. The monoisotopic (exact) mass is 554 g/mol. The van der Waals surface area contributed by atoms with Crippen LogP contribution in [0.4, 0.5) is 11.4 Å². The number of benzene rings is 2. The van der Waals surface area contributed by atoms with Crippen molar-refractivity contribution >= 4 is 49.1 Å². The quantitative estimate of drug-likeness (QED) is 0.355. The summed E-state index contributed by atoms with van der Waals surface area (Å²) < 4.78 is 26.9. The van der Waals surface area contributed by atoms with Gasteiger partial charge < -0.3 is 10.2 Å². The van der Waals surface area contributed by atoms with E-state index >= 15 is 0 Å². The molecular formula is C22H27BrN4O6S. The van der Waals surface area contributed by atoms with Gasteiger partial charge >= 0.3 is 0 Å². The number of halogens is 1. The zero-order chi connectivity index (χ0) is 25.6. The lowest BCUT2D eigenvalue weighted by Gasteiger charge is -2.31. The summed E-state index contributed by atoms with van der Waals surface area (Å²) in [6, 6.07) is 10.1. The Labute approximate surface area is 207 Å². The molecular weight excluding hydrogens is 528 g/mol. The second-order valence-electron chi connectivity index (χ2n) is 7.72. The van der Waals surface area contributed by atoms with E-state index in [1.165, 1.54) is 17.0 Å². The summed E-state index contributed by atoms with van der Waals surface area (Å²) >= 11 is 3.35. The first-order valence-electron chi connectivity index (χ1n) is 10.4. The number of nitro benzene ring substituents is 1. The van der Waals surface area contributed by atoms with Gasteiger partial charge in [0.15, 0.2) is 0 Å². The first kappa shape index (κ1) is 27.3. The van der Waals surface area contributed by atoms with Crippen molar-refractivity contribution in [3.05, 3.63) is 68.2 Å². The Balaban J connectivity index is 2.46. The molecule has 0 spiro atoms. The van der Waals surface area contributed by atoms with Gasteiger partial charge in [0.2, 0.25) is 21.8 Å². The zero-order valence-corrected chi connectivity index (χ0v) is 21.7. The fraction of sp³-hybridized carbons (Fsp3) is 0.364. The van der Waals surface area contributed by atoms with E-state index < -0.39 is 33.4 Å². The number of carbonyl (C=O) groups is 2. The Bertz CT molecular complexity index is 1170. The van der Waals surface area contributed by atoms with E-state index in [1.54, 1.807) is 45.0 Å². The fourth-order valence-corrected chi connectivity index (χ4v) is 4.43. The molecule has 184 valence electrons. The smallest absolute Gasteiger partial charge is 0.271 e. The van der Waals surface area contributed by atoms with E-state index in [-0.39, 0.29) is 23.8 Å². The minimum Gasteiger partial charge on any atom is -0.355 e. The van der Waals surface area contributed by atoms with Crippen molar-refractivity contribution in [2.45, 2.75) is 33.4 Å². The lowest BCUT2D eigenvalue weighted by molar-refractivity contribution is -0.384. The lowest BCUT2D eigenvalue weighted by atomic mass is 10.1. The third-order valence-electron chi connectivity index (χ3n) is 5.14. The van der Waals surface area contributed by atoms with Gasteiger partial charge in [0.1, 0.15) is 12.6 Å². The van der Waals surface area contributed by atoms with E-state index in [4.69, 9.17) is 0 Å². The van der Waals surface area contributed by atoms with Crippen LogP contribution in [0.2, 0.25) is 0 Å². The summed E-state index contributed by atoms with van der Waals surface area (Å²) in [5.74, 6) is -1.01. The Morgan fingerprint density at radius 3 is 2.32 bits per heavy atom. The highest BCUT2D eigenvalue weighted by atomic mass is 79.9. The molecule has 0 saturated carbocycles. The number of nitrogens with one attached hydrogen (secondary N) is 1. The van der Waals surface area contributed by atoms with Gasteiger partial charge in [-0.25, -0.2) is 8.42 Å². The maximum Gasteiger partial charge on any atom is 0.271 e. The van der Waals surface area contributed by atoms with Crippen LogP contribution in [-0.2, 0) is 26.2 Å². The van der Waals surface area contributed by atoms with Gasteiger partial charge in [0.25, 0.3) is 5.69 Å². The number of nitro groups is 1. The van der Waals surface area contributed by atoms with E-state index in [0.29, 0.717) is 12.1 Å². The molecule has 0 aliphatic rings. The van der Waals surface area contributed by atoms with E-state index in [1.807, 2.05) is 0 Å². The topological polar surface area (TPSA) is 130 Å². The van der Waals surface area contributed by atoms with Crippen LogP contribution < -0.4 is 9.62 Å². The number of likely N-dealkylation sites (N-methyl/N-ethyl adjacent to an activating group) is 1. The van der Waals surface area contributed by atoms with E-state index in [9.17, 15) is 28.1 Å². The van der Waals surface area contributed by atoms with E-state index in [2.05, 4.69) is 21.2 Å². The highest BCUT2D eigenvalue weighted by molar-refractivity contribution is 9.10. The van der Waals surface area contributed by atoms with Crippen LogP contribution in [0.1, 0.15) is 25.0 Å². The number of amides is 2. The number of nitrogens with zero attached hydrogens (tertiary/aromatic N) is 3. The van der Waals surface area contributed by atoms with Crippen LogP contribution in [0, 0.1) is 17.0 Å². The van der Waals surface area contributed by atoms with Crippen LogP contribution in [-0.4, -0.2) is 55.4 Å². The summed E-state index contributed by atoms with van der Waals surface area (Å²) in [6.07, 6.45) is 0.921. The van der Waals surface area contributed by atoms with Gasteiger partial charge in [0, 0.05) is 29.7 Å². The molecule has 1 atom stereocenters. The minimum atomic E-state index is -3.99. The van der Waals surface area contributed by atoms with Crippen molar-refractivity contribution < 1.29 is 22.9 Å². The number of carbonyl (C=O) groups excluding carboxylic acids is 2. The summed E-state index contributed by atoms with van der Waals surface area (Å²) in [5, 5.41) is 13.9. The van der Waals surface area contributed by atoms with Gasteiger partial charge in [-0.1, -0.05) is 34.1 Å². The molecule has 1 N–H and O–H groups in total. The van der Waals surface area contributed by atoms with Crippen molar-refractivity contribution in [3.63, 3.8) is 0 Å². The van der Waals surface area contributed by atoms with E-state index in [0.717, 1.165) is 26.7 Å². The Kier molecular flexibility index (Phi) is 9.16. The maximum atomic E-state index is 13.4. The van der Waals surface area contributed by atoms with Crippen LogP contribution in [0.5, 0.6) is 0 Å². The number of sulfonamides is 1. The third-order valence-corrected chi connectivity index (χ3v) is 6.79. The minimum absolute atomic E-state index is 0.0271. The fourth-order valence-electron chi connectivity index (χ4n) is 3.27. The molecule has 0 radical (unpaired) electrons. The van der Waals surface area contributed by atoms with Crippen molar-refractivity contribution in [2.24, 2.45) is 0 Å². The third kappa shape index (κ3) is 7.00. The normalized spacial score (nSPS) is 12.0. The Morgan fingerprint density at radius 1 is 1.18 bits per heavy atom. The predicted molar refractivity (Wildman–Crippen MR) is 133 cm³/mol. The molecule has 0 aromatic heterocycles. The average Bonchev–Trinajstić information content (AvgIpc) is 2.76. The van der Waals surface area contributed by atoms with Gasteiger partial charge in [-0.2, -0.15) is 0 Å². The highest BCUT2D eigenvalue weighted by Gasteiger charge is 2.31. The van der Waals surface area contributed by atoms with Crippen molar-refractivity contribution in [3.8, 4) is 0 Å². The van der Waals surface area contributed by atoms with Crippen molar-refractivity contribution in [1.82, 2.24) is 10.2 Å². The molecule has 2 aromatic rings. The molecule has 12 heteroatoms. The summed E-state index contributed by atoms with van der Waals surface area (Å²) in [5.41, 5.74) is 0.911. The number of rotatable bonds is 10. The van der Waals surface area contributed by atoms with Crippen LogP contribution in [0.25, 0.3) is 0 Å². The summed E-state index contributed by atoms with van der Waals surface area (Å²) in [7, 11) is -3.99. The second-order valence-corrected chi connectivity index (χ2v) is 10.5. The molecule has 2 amide bonds. The number of hydrogen-bond acceptors (Lipinski definition) is 6. The molecule has 10 nitrogen and oxygen atoms in total. The first-order valence-corrected chi connectivity index (χ1v) is 13.0. The van der Waals surface area contributed by atoms with Gasteiger partial charge in [0.05, 0.1) is 16.9 Å². The van der Waals surface area contributed by atoms with Crippen molar-refractivity contribution in [2.75, 3.05) is 23.7 Å². The number of hydrogen-bond donors (Lipinski definition) is 1. The molecule has 0 saturated heterocycles. The molecule has 34 heavy (non-hydrogen) atoms. The molecule has 0 heterocycles. The second kappa shape index (κ2) is 11.4. The number of non-ortho nitro benzene ring substituents is 1.